The van der Waals surface area contributed by atoms with E-state index in [1.165, 1.54) is 11.5 Å². The van der Waals surface area contributed by atoms with Gasteiger partial charge in [-0.15, -0.1) is 0 Å². The molecule has 0 saturated carbocycles. The number of nitro groups is 1. The number of aliphatic carboxylic acids is 1. The first-order valence-corrected chi connectivity index (χ1v) is 5.92. The molecule has 1 atom stereocenters. The SMILES string of the molecule is Cc1nc([N+](=O)[O-])cn1CC(=O)NC(C(=O)O)C(C)C. The van der Waals surface area contributed by atoms with Gasteiger partial charge in [0.25, 0.3) is 0 Å². The van der Waals surface area contributed by atoms with Crippen molar-refractivity contribution in [1.82, 2.24) is 14.9 Å². The molecule has 1 heterocycles. The fraction of sp³-hybridized carbons (Fsp3) is 0.545. The van der Waals surface area contributed by atoms with Crippen LogP contribution < -0.4 is 5.32 Å². The van der Waals surface area contributed by atoms with Crippen LogP contribution in [0.25, 0.3) is 0 Å². The van der Waals surface area contributed by atoms with E-state index in [1.54, 1.807) is 13.8 Å². The highest BCUT2D eigenvalue weighted by atomic mass is 16.6. The van der Waals surface area contributed by atoms with E-state index in [9.17, 15) is 19.7 Å². The fourth-order valence-corrected chi connectivity index (χ4v) is 1.63. The lowest BCUT2D eigenvalue weighted by molar-refractivity contribution is -0.389. The molecule has 2 N–H and O–H groups in total. The molecule has 110 valence electrons. The van der Waals surface area contributed by atoms with Gasteiger partial charge in [0.1, 0.15) is 18.8 Å². The third-order valence-corrected chi connectivity index (χ3v) is 2.71. The Hall–Kier alpha value is -2.45. The van der Waals surface area contributed by atoms with Crippen molar-refractivity contribution in [3.8, 4) is 0 Å². The predicted molar refractivity (Wildman–Crippen MR) is 68.0 cm³/mol. The molecule has 0 spiro atoms. The summed E-state index contributed by atoms with van der Waals surface area (Å²) in [6.45, 7) is 4.65. The number of hydrogen-bond donors (Lipinski definition) is 2. The molecule has 20 heavy (non-hydrogen) atoms. The second-order valence-electron chi connectivity index (χ2n) is 4.66. The van der Waals surface area contributed by atoms with Gasteiger partial charge in [-0.1, -0.05) is 13.8 Å². The molecule has 1 amide bonds. The first-order chi connectivity index (χ1) is 9.22. The van der Waals surface area contributed by atoms with Crippen molar-refractivity contribution in [3.63, 3.8) is 0 Å². The van der Waals surface area contributed by atoms with E-state index in [0.717, 1.165) is 6.20 Å². The summed E-state index contributed by atoms with van der Waals surface area (Å²) in [5, 5.41) is 21.9. The number of nitrogens with zero attached hydrogens (tertiary/aromatic N) is 3. The molecule has 1 aromatic rings. The van der Waals surface area contributed by atoms with Crippen LogP contribution in [0.2, 0.25) is 0 Å². The Labute approximate surface area is 114 Å². The summed E-state index contributed by atoms with van der Waals surface area (Å²) in [7, 11) is 0. The van der Waals surface area contributed by atoms with Gasteiger partial charge in [-0.2, -0.15) is 0 Å². The van der Waals surface area contributed by atoms with Gasteiger partial charge in [0.05, 0.1) is 0 Å². The molecular weight excluding hydrogens is 268 g/mol. The quantitative estimate of drug-likeness (QED) is 0.572. The molecule has 0 aliphatic rings. The first kappa shape index (κ1) is 15.6. The summed E-state index contributed by atoms with van der Waals surface area (Å²) in [4.78, 5) is 36.3. The molecule has 9 heteroatoms. The van der Waals surface area contributed by atoms with Gasteiger partial charge in [-0.3, -0.25) is 9.36 Å². The topological polar surface area (TPSA) is 127 Å². The average Bonchev–Trinajstić information content (AvgIpc) is 2.67. The minimum atomic E-state index is -1.12. The number of carboxylic acid groups (broad SMARTS) is 1. The Morgan fingerprint density at radius 3 is 2.55 bits per heavy atom. The molecule has 9 nitrogen and oxygen atoms in total. The highest BCUT2D eigenvalue weighted by Gasteiger charge is 2.24. The van der Waals surface area contributed by atoms with E-state index in [2.05, 4.69) is 10.3 Å². The zero-order valence-corrected chi connectivity index (χ0v) is 11.4. The number of amides is 1. The van der Waals surface area contributed by atoms with E-state index in [4.69, 9.17) is 5.11 Å². The van der Waals surface area contributed by atoms with Crippen LogP contribution in [0.1, 0.15) is 19.7 Å². The maximum atomic E-state index is 11.8. The monoisotopic (exact) mass is 284 g/mol. The maximum Gasteiger partial charge on any atom is 0.381 e. The number of aryl methyl sites for hydroxylation is 1. The summed E-state index contributed by atoms with van der Waals surface area (Å²) < 4.78 is 1.30. The molecule has 0 radical (unpaired) electrons. The highest BCUT2D eigenvalue weighted by molar-refractivity contribution is 5.83. The number of rotatable bonds is 6. The molecule has 0 aliphatic heterocycles. The number of carboxylic acids is 1. The standard InChI is InChI=1S/C11H16N4O5/c1-6(2)10(11(17)18)13-9(16)5-14-4-8(15(19)20)12-7(14)3/h4,6,10H,5H2,1-3H3,(H,13,16)(H,17,18). The first-order valence-electron chi connectivity index (χ1n) is 5.92. The largest absolute Gasteiger partial charge is 0.480 e. The molecule has 0 saturated heterocycles. The summed E-state index contributed by atoms with van der Waals surface area (Å²) in [5.74, 6) is -1.98. The van der Waals surface area contributed by atoms with Crippen LogP contribution in [0.3, 0.4) is 0 Å². The normalized spacial score (nSPS) is 12.2. The Morgan fingerprint density at radius 2 is 2.15 bits per heavy atom. The zero-order valence-electron chi connectivity index (χ0n) is 11.4. The molecule has 0 aliphatic carbocycles. The predicted octanol–water partition coefficient (Wildman–Crippen LogP) is 0.325. The molecule has 1 unspecified atom stereocenters. The smallest absolute Gasteiger partial charge is 0.381 e. The van der Waals surface area contributed by atoms with Crippen molar-refractivity contribution in [2.45, 2.75) is 33.4 Å². The lowest BCUT2D eigenvalue weighted by atomic mass is 10.1. The minimum Gasteiger partial charge on any atom is -0.480 e. The van der Waals surface area contributed by atoms with Gasteiger partial charge in [-0.05, 0) is 15.8 Å². The van der Waals surface area contributed by atoms with Gasteiger partial charge in [-0.25, -0.2) is 4.79 Å². The second-order valence-corrected chi connectivity index (χ2v) is 4.66. The van der Waals surface area contributed by atoms with E-state index in [0.29, 0.717) is 5.82 Å². The van der Waals surface area contributed by atoms with Crippen molar-refractivity contribution in [2.24, 2.45) is 5.92 Å². The van der Waals surface area contributed by atoms with Crippen LogP contribution in [-0.4, -0.2) is 37.5 Å². The van der Waals surface area contributed by atoms with Crippen LogP contribution in [0.5, 0.6) is 0 Å². The molecule has 1 aromatic heterocycles. The van der Waals surface area contributed by atoms with Gasteiger partial charge in [0, 0.05) is 6.92 Å². The Balaban J connectivity index is 2.76. The third kappa shape index (κ3) is 3.77. The lowest BCUT2D eigenvalue weighted by Gasteiger charge is -2.17. The molecule has 0 bridgehead atoms. The zero-order chi connectivity index (χ0) is 15.4. The highest BCUT2D eigenvalue weighted by Crippen LogP contribution is 2.10. The van der Waals surface area contributed by atoms with Crippen molar-refractivity contribution in [2.75, 3.05) is 0 Å². The number of nitrogens with one attached hydrogen (secondary N) is 1. The van der Waals surface area contributed by atoms with Crippen molar-refractivity contribution >= 4 is 17.7 Å². The summed E-state index contributed by atoms with van der Waals surface area (Å²) in [6.07, 6.45) is 1.14. The Kier molecular flexibility index (Phi) is 4.78. The summed E-state index contributed by atoms with van der Waals surface area (Å²) >= 11 is 0. The summed E-state index contributed by atoms with van der Waals surface area (Å²) in [6, 6.07) is -0.999. The molecule has 0 aromatic carbocycles. The lowest BCUT2D eigenvalue weighted by Crippen LogP contribution is -2.45. The minimum absolute atomic E-state index is 0.219. The van der Waals surface area contributed by atoms with Gasteiger partial charge >= 0.3 is 11.8 Å². The van der Waals surface area contributed by atoms with Crippen LogP contribution in [0.15, 0.2) is 6.20 Å². The number of aromatic nitrogens is 2. The van der Waals surface area contributed by atoms with E-state index < -0.39 is 22.8 Å². The van der Waals surface area contributed by atoms with Crippen molar-refractivity contribution < 1.29 is 19.6 Å². The number of carbonyl (C=O) groups is 2. The van der Waals surface area contributed by atoms with Crippen LogP contribution >= 0.6 is 0 Å². The van der Waals surface area contributed by atoms with Crippen LogP contribution in [0, 0.1) is 23.0 Å². The number of hydrogen-bond acceptors (Lipinski definition) is 5. The maximum absolute atomic E-state index is 11.8. The number of imidazole rings is 1. The second kappa shape index (κ2) is 6.13. The van der Waals surface area contributed by atoms with Crippen LogP contribution in [-0.2, 0) is 16.1 Å². The summed E-state index contributed by atoms with van der Waals surface area (Å²) in [5.41, 5.74) is 0. The van der Waals surface area contributed by atoms with E-state index in [-0.39, 0.29) is 18.3 Å². The fourth-order valence-electron chi connectivity index (χ4n) is 1.63. The van der Waals surface area contributed by atoms with Gasteiger partial charge < -0.3 is 20.5 Å². The van der Waals surface area contributed by atoms with Crippen LogP contribution in [0.4, 0.5) is 5.82 Å². The number of carbonyl (C=O) groups excluding carboxylic acids is 1. The van der Waals surface area contributed by atoms with Crippen molar-refractivity contribution in [3.05, 3.63) is 22.1 Å². The molecule has 0 fully saturated rings. The van der Waals surface area contributed by atoms with Gasteiger partial charge in [0.2, 0.25) is 11.7 Å². The van der Waals surface area contributed by atoms with E-state index >= 15 is 0 Å². The Morgan fingerprint density at radius 1 is 1.55 bits per heavy atom. The molecule has 1 rings (SSSR count). The van der Waals surface area contributed by atoms with Gasteiger partial charge in [0.15, 0.2) is 0 Å². The molecular formula is C11H16N4O5. The average molecular weight is 284 g/mol. The van der Waals surface area contributed by atoms with E-state index in [1.807, 2.05) is 0 Å². The third-order valence-electron chi connectivity index (χ3n) is 2.71. The Bertz CT molecular complexity index is 537. The van der Waals surface area contributed by atoms with Crippen molar-refractivity contribution in [1.29, 1.82) is 0 Å².